The molecule has 0 radical (unpaired) electrons. The Balaban J connectivity index is 1.52. The van der Waals surface area contributed by atoms with Gasteiger partial charge in [0.15, 0.2) is 5.65 Å². The lowest BCUT2D eigenvalue weighted by molar-refractivity contribution is -0.137. The SMILES string of the molecule is CC(C)Oc1ccc(OCc2ccccc2)cc1-c1nc2ncc(-c3ccccc3C(F)(F)F)cc2[nH]1. The standard InChI is InChI=1S/C29H24F3N3O2/c1-18(2)37-26-13-12-21(36-17-19-8-4-3-5-9-19)15-23(26)27-34-25-14-20(16-33-28(25)35-27)22-10-6-7-11-24(22)29(30,31)32/h3-16,18H,17H2,1-2H3,(H,33,34,35). The summed E-state index contributed by atoms with van der Waals surface area (Å²) in [4.78, 5) is 12.1. The molecule has 0 spiro atoms. The number of pyridine rings is 1. The van der Waals surface area contributed by atoms with Gasteiger partial charge in [-0.15, -0.1) is 0 Å². The molecule has 0 aliphatic rings. The van der Waals surface area contributed by atoms with Crippen LogP contribution in [0.5, 0.6) is 11.5 Å². The van der Waals surface area contributed by atoms with E-state index in [1.165, 1.54) is 18.3 Å². The van der Waals surface area contributed by atoms with Gasteiger partial charge in [-0.05, 0) is 55.3 Å². The summed E-state index contributed by atoms with van der Waals surface area (Å²) in [5.74, 6) is 1.71. The van der Waals surface area contributed by atoms with Gasteiger partial charge in [-0.2, -0.15) is 13.2 Å². The van der Waals surface area contributed by atoms with Crippen molar-refractivity contribution >= 4 is 11.2 Å². The molecular formula is C29H24F3N3O2. The minimum atomic E-state index is -4.48. The minimum absolute atomic E-state index is 0.0562. The van der Waals surface area contributed by atoms with Gasteiger partial charge < -0.3 is 14.5 Å². The van der Waals surface area contributed by atoms with Crippen LogP contribution in [0, 0.1) is 0 Å². The lowest BCUT2D eigenvalue weighted by Crippen LogP contribution is -2.07. The third kappa shape index (κ3) is 5.43. The number of nitrogens with one attached hydrogen (secondary N) is 1. The van der Waals surface area contributed by atoms with Crippen LogP contribution in [-0.2, 0) is 12.8 Å². The van der Waals surface area contributed by atoms with Gasteiger partial charge in [0.05, 0.1) is 22.7 Å². The molecule has 0 aliphatic carbocycles. The number of hydrogen-bond donors (Lipinski definition) is 1. The molecule has 1 N–H and O–H groups in total. The number of H-pyrrole nitrogens is 1. The molecule has 0 unspecified atom stereocenters. The van der Waals surface area contributed by atoms with Crippen LogP contribution in [0.15, 0.2) is 85.1 Å². The zero-order valence-electron chi connectivity index (χ0n) is 20.2. The highest BCUT2D eigenvalue weighted by Crippen LogP contribution is 2.38. The maximum atomic E-state index is 13.6. The Hall–Kier alpha value is -4.33. The fourth-order valence-electron chi connectivity index (χ4n) is 4.04. The summed E-state index contributed by atoms with van der Waals surface area (Å²) in [7, 11) is 0. The topological polar surface area (TPSA) is 60.0 Å². The number of rotatable bonds is 7. The summed E-state index contributed by atoms with van der Waals surface area (Å²) < 4.78 is 52.7. The second-order valence-electron chi connectivity index (χ2n) is 8.82. The molecule has 5 aromatic rings. The highest BCUT2D eigenvalue weighted by Gasteiger charge is 2.33. The number of fused-ring (bicyclic) bond motifs is 1. The highest BCUT2D eigenvalue weighted by atomic mass is 19.4. The highest BCUT2D eigenvalue weighted by molar-refractivity contribution is 5.83. The molecule has 2 aromatic heterocycles. The van der Waals surface area contributed by atoms with Gasteiger partial charge in [0.1, 0.15) is 23.9 Å². The average molecular weight is 504 g/mol. The van der Waals surface area contributed by atoms with Gasteiger partial charge in [-0.1, -0.05) is 48.5 Å². The number of alkyl halides is 3. The van der Waals surface area contributed by atoms with Crippen molar-refractivity contribution in [2.24, 2.45) is 0 Å². The summed E-state index contributed by atoms with van der Waals surface area (Å²) in [6.07, 6.45) is -3.15. The number of aromatic amines is 1. The lowest BCUT2D eigenvalue weighted by atomic mass is 10.0. The minimum Gasteiger partial charge on any atom is -0.490 e. The van der Waals surface area contributed by atoms with Gasteiger partial charge in [0.2, 0.25) is 0 Å². The van der Waals surface area contributed by atoms with E-state index < -0.39 is 11.7 Å². The second kappa shape index (κ2) is 9.97. The maximum absolute atomic E-state index is 13.6. The van der Waals surface area contributed by atoms with E-state index in [1.807, 2.05) is 62.4 Å². The first-order chi connectivity index (χ1) is 17.8. The number of benzene rings is 3. The molecule has 0 amide bonds. The van der Waals surface area contributed by atoms with Crippen LogP contribution < -0.4 is 9.47 Å². The van der Waals surface area contributed by atoms with Crippen LogP contribution in [0.1, 0.15) is 25.0 Å². The first kappa shape index (κ1) is 24.4. The van der Waals surface area contributed by atoms with Crippen molar-refractivity contribution in [1.29, 1.82) is 0 Å². The smallest absolute Gasteiger partial charge is 0.417 e. The van der Waals surface area contributed by atoms with E-state index in [9.17, 15) is 13.2 Å². The fourth-order valence-corrected chi connectivity index (χ4v) is 4.04. The Morgan fingerprint density at radius 3 is 2.41 bits per heavy atom. The number of aromatic nitrogens is 3. The van der Waals surface area contributed by atoms with Gasteiger partial charge in [-0.3, -0.25) is 0 Å². The zero-order valence-corrected chi connectivity index (χ0v) is 20.2. The molecule has 5 nitrogen and oxygen atoms in total. The number of halogens is 3. The first-order valence-corrected chi connectivity index (χ1v) is 11.8. The fraction of sp³-hybridized carbons (Fsp3) is 0.172. The van der Waals surface area contributed by atoms with Crippen molar-refractivity contribution in [2.45, 2.75) is 32.7 Å². The number of nitrogens with zero attached hydrogens (tertiary/aromatic N) is 2. The van der Waals surface area contributed by atoms with Crippen LogP contribution in [0.2, 0.25) is 0 Å². The van der Waals surface area contributed by atoms with Crippen LogP contribution in [0.4, 0.5) is 13.2 Å². The van der Waals surface area contributed by atoms with E-state index in [0.717, 1.165) is 11.6 Å². The molecule has 2 heterocycles. The van der Waals surface area contributed by atoms with Gasteiger partial charge in [0.25, 0.3) is 0 Å². The van der Waals surface area contributed by atoms with E-state index in [2.05, 4.69) is 15.0 Å². The zero-order chi connectivity index (χ0) is 26.0. The Morgan fingerprint density at radius 1 is 0.892 bits per heavy atom. The molecule has 37 heavy (non-hydrogen) atoms. The summed E-state index contributed by atoms with van der Waals surface area (Å²) >= 11 is 0. The Morgan fingerprint density at radius 2 is 1.65 bits per heavy atom. The lowest BCUT2D eigenvalue weighted by Gasteiger charge is -2.15. The number of hydrogen-bond acceptors (Lipinski definition) is 4. The summed E-state index contributed by atoms with van der Waals surface area (Å²) in [6, 6.07) is 22.4. The van der Waals surface area contributed by atoms with Crippen molar-refractivity contribution in [1.82, 2.24) is 15.0 Å². The Labute approximate surface area is 211 Å². The van der Waals surface area contributed by atoms with Crippen LogP contribution in [-0.4, -0.2) is 21.1 Å². The molecule has 0 atom stereocenters. The van der Waals surface area contributed by atoms with Crippen molar-refractivity contribution in [3.8, 4) is 34.0 Å². The third-order valence-electron chi connectivity index (χ3n) is 5.70. The molecule has 0 aliphatic heterocycles. The molecule has 188 valence electrons. The van der Waals surface area contributed by atoms with E-state index in [1.54, 1.807) is 12.1 Å². The van der Waals surface area contributed by atoms with Crippen LogP contribution in [0.3, 0.4) is 0 Å². The molecule has 0 bridgehead atoms. The van der Waals surface area contributed by atoms with Gasteiger partial charge in [-0.25, -0.2) is 9.97 Å². The molecular weight excluding hydrogens is 479 g/mol. The number of ether oxygens (including phenoxy) is 2. The van der Waals surface area contributed by atoms with E-state index >= 15 is 0 Å². The summed E-state index contributed by atoms with van der Waals surface area (Å²) in [5.41, 5.74) is 2.27. The molecule has 0 fully saturated rings. The quantitative estimate of drug-likeness (QED) is 0.248. The number of imidazole rings is 1. The third-order valence-corrected chi connectivity index (χ3v) is 5.70. The van der Waals surface area contributed by atoms with Gasteiger partial charge in [0, 0.05) is 11.8 Å². The molecule has 0 saturated carbocycles. The van der Waals surface area contributed by atoms with E-state index in [0.29, 0.717) is 46.2 Å². The average Bonchev–Trinajstić information content (AvgIpc) is 3.31. The molecule has 8 heteroatoms. The maximum Gasteiger partial charge on any atom is 0.417 e. The van der Waals surface area contributed by atoms with E-state index in [4.69, 9.17) is 9.47 Å². The van der Waals surface area contributed by atoms with Crippen molar-refractivity contribution in [3.63, 3.8) is 0 Å². The molecule has 5 rings (SSSR count). The molecule has 0 saturated heterocycles. The van der Waals surface area contributed by atoms with Crippen LogP contribution in [0.25, 0.3) is 33.7 Å². The van der Waals surface area contributed by atoms with Crippen LogP contribution >= 0.6 is 0 Å². The predicted octanol–water partition coefficient (Wildman–Crippen LogP) is 7.68. The Kier molecular flexibility index (Phi) is 6.56. The summed E-state index contributed by atoms with van der Waals surface area (Å²) in [6.45, 7) is 4.25. The van der Waals surface area contributed by atoms with Gasteiger partial charge >= 0.3 is 6.18 Å². The van der Waals surface area contributed by atoms with E-state index in [-0.39, 0.29) is 11.7 Å². The largest absolute Gasteiger partial charge is 0.490 e. The normalized spacial score (nSPS) is 11.7. The van der Waals surface area contributed by atoms with Crippen molar-refractivity contribution in [2.75, 3.05) is 0 Å². The summed E-state index contributed by atoms with van der Waals surface area (Å²) in [5, 5.41) is 0. The monoisotopic (exact) mass is 503 g/mol. The first-order valence-electron chi connectivity index (χ1n) is 11.8. The Bertz CT molecular complexity index is 1530. The second-order valence-corrected chi connectivity index (χ2v) is 8.82. The van der Waals surface area contributed by atoms with Crippen molar-refractivity contribution in [3.05, 3.63) is 96.2 Å². The molecule has 3 aromatic carbocycles. The van der Waals surface area contributed by atoms with Crippen molar-refractivity contribution < 1.29 is 22.6 Å². The predicted molar refractivity (Wildman–Crippen MR) is 136 cm³/mol.